The van der Waals surface area contributed by atoms with E-state index in [-0.39, 0.29) is 11.7 Å². The van der Waals surface area contributed by atoms with E-state index in [1.54, 1.807) is 0 Å². The third-order valence-electron chi connectivity index (χ3n) is 6.10. The Morgan fingerprint density at radius 3 is 2.83 bits per heavy atom. The molecule has 3 aliphatic rings. The van der Waals surface area contributed by atoms with Crippen LogP contribution in [0.2, 0.25) is 0 Å². The number of nitrogens with one attached hydrogen (secondary N) is 1. The van der Waals surface area contributed by atoms with E-state index in [1.165, 1.54) is 17.3 Å². The highest BCUT2D eigenvalue weighted by Gasteiger charge is 2.44. The second-order valence-electron chi connectivity index (χ2n) is 8.13. The van der Waals surface area contributed by atoms with Gasteiger partial charge in [0.1, 0.15) is 11.1 Å². The molecular formula is C23H23N3O3S. The van der Waals surface area contributed by atoms with E-state index in [0.717, 1.165) is 62.0 Å². The number of rotatable bonds is 4. The number of pyridine rings is 1. The summed E-state index contributed by atoms with van der Waals surface area (Å²) in [5.41, 5.74) is 4.57. The molecular weight excluding hydrogens is 398 g/mol. The number of amides is 1. The Morgan fingerprint density at radius 1 is 1.23 bits per heavy atom. The first-order valence-electron chi connectivity index (χ1n) is 10.4. The molecule has 0 unspecified atom stereocenters. The topological polar surface area (TPSA) is 84.2 Å². The van der Waals surface area contributed by atoms with Gasteiger partial charge < -0.3 is 14.8 Å². The number of nitriles is 1. The molecule has 1 aliphatic heterocycles. The summed E-state index contributed by atoms with van der Waals surface area (Å²) in [5.74, 6) is 0.966. The third kappa shape index (κ3) is 3.39. The Balaban J connectivity index is 1.25. The molecule has 154 valence electrons. The van der Waals surface area contributed by atoms with Gasteiger partial charge in [0, 0.05) is 30.3 Å². The molecule has 5 rings (SSSR count). The molecule has 0 saturated heterocycles. The van der Waals surface area contributed by atoms with Crippen molar-refractivity contribution in [3.05, 3.63) is 40.6 Å². The molecule has 1 aromatic heterocycles. The number of fused-ring (bicyclic) bond motifs is 2. The summed E-state index contributed by atoms with van der Waals surface area (Å²) in [7, 11) is 0. The Kier molecular flexibility index (Phi) is 4.82. The van der Waals surface area contributed by atoms with Gasteiger partial charge in [-0.1, -0.05) is 11.8 Å². The Hall–Kier alpha value is -2.72. The van der Waals surface area contributed by atoms with Crippen LogP contribution in [-0.2, 0) is 17.6 Å². The number of aromatic nitrogens is 1. The number of thioether (sulfide) groups is 1. The van der Waals surface area contributed by atoms with Gasteiger partial charge in [-0.3, -0.25) is 4.79 Å². The molecule has 1 N–H and O–H groups in total. The molecule has 2 aliphatic carbocycles. The molecule has 0 bridgehead atoms. The minimum absolute atomic E-state index is 0.140. The molecule has 1 amide bonds. The SMILES string of the molecule is Cc1c(C#N)c(SCC(=O)Nc2ccc3c(c2)OC2(CCCC2)O3)nc2c1CCC2. The van der Waals surface area contributed by atoms with Crippen LogP contribution in [0.3, 0.4) is 0 Å². The number of nitrogens with zero attached hydrogens (tertiary/aromatic N) is 2. The first kappa shape index (κ1) is 19.3. The standard InChI is InChI=1S/C23H23N3O3S/c1-14-16-5-4-6-18(16)26-22(17(14)12-24)30-13-21(27)25-15-7-8-19-20(11-15)29-23(28-19)9-2-3-10-23/h7-8,11H,2-6,9-10,13H2,1H3,(H,25,27). The highest BCUT2D eigenvalue weighted by Crippen LogP contribution is 2.47. The highest BCUT2D eigenvalue weighted by molar-refractivity contribution is 8.00. The van der Waals surface area contributed by atoms with Crippen molar-refractivity contribution in [1.29, 1.82) is 5.26 Å². The van der Waals surface area contributed by atoms with Crippen LogP contribution >= 0.6 is 11.8 Å². The maximum atomic E-state index is 12.5. The van der Waals surface area contributed by atoms with Crippen LogP contribution in [0.4, 0.5) is 5.69 Å². The lowest BCUT2D eigenvalue weighted by molar-refractivity contribution is -0.113. The van der Waals surface area contributed by atoms with E-state index in [1.807, 2.05) is 25.1 Å². The number of anilines is 1. The van der Waals surface area contributed by atoms with E-state index in [0.29, 0.717) is 22.0 Å². The van der Waals surface area contributed by atoms with Crippen LogP contribution < -0.4 is 14.8 Å². The lowest BCUT2D eigenvalue weighted by Crippen LogP contribution is -2.34. The van der Waals surface area contributed by atoms with E-state index < -0.39 is 5.79 Å². The smallest absolute Gasteiger partial charge is 0.251 e. The van der Waals surface area contributed by atoms with Crippen LogP contribution in [0.25, 0.3) is 0 Å². The monoisotopic (exact) mass is 421 g/mol. The predicted molar refractivity (Wildman–Crippen MR) is 114 cm³/mol. The van der Waals surface area contributed by atoms with E-state index in [2.05, 4.69) is 16.4 Å². The van der Waals surface area contributed by atoms with Crippen molar-refractivity contribution in [3.8, 4) is 17.6 Å². The molecule has 6 nitrogen and oxygen atoms in total. The average molecular weight is 422 g/mol. The van der Waals surface area contributed by atoms with E-state index in [9.17, 15) is 10.1 Å². The van der Waals surface area contributed by atoms with Crippen molar-refractivity contribution >= 4 is 23.4 Å². The Bertz CT molecular complexity index is 1070. The van der Waals surface area contributed by atoms with Crippen LogP contribution in [0.15, 0.2) is 23.2 Å². The summed E-state index contributed by atoms with van der Waals surface area (Å²) in [5, 5.41) is 13.2. The lowest BCUT2D eigenvalue weighted by Gasteiger charge is -2.21. The van der Waals surface area contributed by atoms with Gasteiger partial charge in [0.05, 0.1) is 11.3 Å². The molecule has 1 fully saturated rings. The molecule has 1 aromatic carbocycles. The normalized spacial score (nSPS) is 17.7. The zero-order chi connectivity index (χ0) is 20.7. The van der Waals surface area contributed by atoms with Gasteiger partial charge in [-0.25, -0.2) is 4.98 Å². The first-order chi connectivity index (χ1) is 14.6. The minimum atomic E-state index is -0.508. The van der Waals surface area contributed by atoms with Gasteiger partial charge in [-0.2, -0.15) is 5.26 Å². The zero-order valence-electron chi connectivity index (χ0n) is 16.9. The van der Waals surface area contributed by atoms with Gasteiger partial charge >= 0.3 is 0 Å². The molecule has 1 saturated carbocycles. The van der Waals surface area contributed by atoms with Crippen LogP contribution in [0, 0.1) is 18.3 Å². The lowest BCUT2D eigenvalue weighted by atomic mass is 10.0. The molecule has 2 aromatic rings. The third-order valence-corrected chi connectivity index (χ3v) is 7.08. The van der Waals surface area contributed by atoms with Crippen molar-refractivity contribution in [2.24, 2.45) is 0 Å². The summed E-state index contributed by atoms with van der Waals surface area (Å²) < 4.78 is 12.1. The number of carbonyl (C=O) groups is 1. The fourth-order valence-electron chi connectivity index (χ4n) is 4.60. The predicted octanol–water partition coefficient (Wildman–Crippen LogP) is 4.52. The second kappa shape index (κ2) is 7.51. The summed E-state index contributed by atoms with van der Waals surface area (Å²) in [6.45, 7) is 1.98. The number of ether oxygens (including phenoxy) is 2. The summed E-state index contributed by atoms with van der Waals surface area (Å²) in [6, 6.07) is 7.78. The quantitative estimate of drug-likeness (QED) is 0.731. The summed E-state index contributed by atoms with van der Waals surface area (Å²) in [6.07, 6.45) is 7.02. The maximum absolute atomic E-state index is 12.5. The fourth-order valence-corrected chi connectivity index (χ4v) is 5.46. The molecule has 0 atom stereocenters. The number of benzene rings is 1. The van der Waals surface area contributed by atoms with Gasteiger partial charge in [-0.05, 0) is 62.3 Å². The number of carbonyl (C=O) groups excluding carboxylic acids is 1. The van der Waals surface area contributed by atoms with Crippen molar-refractivity contribution in [2.75, 3.05) is 11.1 Å². The van der Waals surface area contributed by atoms with Crippen molar-refractivity contribution in [3.63, 3.8) is 0 Å². The summed E-state index contributed by atoms with van der Waals surface area (Å²) in [4.78, 5) is 17.2. The largest absolute Gasteiger partial charge is 0.448 e. The van der Waals surface area contributed by atoms with E-state index >= 15 is 0 Å². The summed E-state index contributed by atoms with van der Waals surface area (Å²) >= 11 is 1.32. The molecule has 0 radical (unpaired) electrons. The van der Waals surface area contributed by atoms with Crippen molar-refractivity contribution in [2.45, 2.75) is 62.7 Å². The molecule has 2 heterocycles. The van der Waals surface area contributed by atoms with Crippen molar-refractivity contribution < 1.29 is 14.3 Å². The average Bonchev–Trinajstić information content (AvgIpc) is 3.46. The number of aryl methyl sites for hydroxylation is 1. The maximum Gasteiger partial charge on any atom is 0.251 e. The van der Waals surface area contributed by atoms with Crippen LogP contribution in [-0.4, -0.2) is 22.4 Å². The molecule has 30 heavy (non-hydrogen) atoms. The van der Waals surface area contributed by atoms with Gasteiger partial charge in [-0.15, -0.1) is 0 Å². The van der Waals surface area contributed by atoms with Gasteiger partial charge in [0.15, 0.2) is 11.5 Å². The molecule has 7 heteroatoms. The number of hydrogen-bond donors (Lipinski definition) is 1. The minimum Gasteiger partial charge on any atom is -0.448 e. The van der Waals surface area contributed by atoms with Gasteiger partial charge in [0.25, 0.3) is 5.79 Å². The highest BCUT2D eigenvalue weighted by atomic mass is 32.2. The number of hydrogen-bond acceptors (Lipinski definition) is 6. The van der Waals surface area contributed by atoms with Crippen molar-refractivity contribution in [1.82, 2.24) is 4.98 Å². The molecule has 1 spiro atoms. The second-order valence-corrected chi connectivity index (χ2v) is 9.09. The Morgan fingerprint density at radius 2 is 2.03 bits per heavy atom. The first-order valence-corrected chi connectivity index (χ1v) is 11.4. The Labute approximate surface area is 180 Å². The zero-order valence-corrected chi connectivity index (χ0v) is 17.7. The fraction of sp³-hybridized carbons (Fsp3) is 0.435. The van der Waals surface area contributed by atoms with Gasteiger partial charge in [0.2, 0.25) is 5.91 Å². The van der Waals surface area contributed by atoms with Crippen LogP contribution in [0.1, 0.15) is 54.5 Å². The van der Waals surface area contributed by atoms with Crippen LogP contribution in [0.5, 0.6) is 11.5 Å². The van der Waals surface area contributed by atoms with E-state index in [4.69, 9.17) is 9.47 Å².